The second-order valence-corrected chi connectivity index (χ2v) is 9.43. The Morgan fingerprint density at radius 2 is 1.93 bits per heavy atom. The van der Waals surface area contributed by atoms with E-state index >= 15 is 0 Å². The van der Waals surface area contributed by atoms with Crippen LogP contribution in [0.2, 0.25) is 0 Å². The minimum absolute atomic E-state index is 0.0268. The summed E-state index contributed by atoms with van der Waals surface area (Å²) in [5.41, 5.74) is 0.223. The van der Waals surface area contributed by atoms with Crippen LogP contribution in [0.5, 0.6) is 11.5 Å². The lowest BCUT2D eigenvalue weighted by Crippen LogP contribution is -2.54. The first-order valence-electron chi connectivity index (χ1n) is 10.1. The van der Waals surface area contributed by atoms with E-state index in [0.717, 1.165) is 17.7 Å². The molecule has 1 saturated heterocycles. The summed E-state index contributed by atoms with van der Waals surface area (Å²) in [4.78, 5) is 29.3. The van der Waals surface area contributed by atoms with Gasteiger partial charge in [0.05, 0.1) is 20.9 Å². The number of nitrogens with zero attached hydrogens (tertiary/aromatic N) is 2. The van der Waals surface area contributed by atoms with Gasteiger partial charge in [-0.15, -0.1) is 0 Å². The second kappa shape index (κ2) is 7.86. The first-order valence-corrected chi connectivity index (χ1v) is 10.1. The molecule has 1 heterocycles. The van der Waals surface area contributed by atoms with E-state index in [4.69, 9.17) is 9.47 Å². The summed E-state index contributed by atoms with van der Waals surface area (Å²) in [7, 11) is 5.12. The Hall–Kier alpha value is -2.28. The van der Waals surface area contributed by atoms with Crippen LogP contribution in [0, 0.1) is 11.3 Å². The number of benzene rings is 1. The van der Waals surface area contributed by atoms with Gasteiger partial charge < -0.3 is 14.8 Å². The first-order chi connectivity index (χ1) is 13.6. The Balaban J connectivity index is 1.72. The molecule has 1 N–H and O–H groups in total. The van der Waals surface area contributed by atoms with Crippen LogP contribution in [0.3, 0.4) is 0 Å². The Labute approximate surface area is 173 Å². The molecule has 160 valence electrons. The Morgan fingerprint density at radius 3 is 2.55 bits per heavy atom. The van der Waals surface area contributed by atoms with Gasteiger partial charge in [0.2, 0.25) is 0 Å². The fraction of sp³-hybridized carbons (Fsp3) is 0.636. The summed E-state index contributed by atoms with van der Waals surface area (Å²) in [6, 6.07) is 5.35. The summed E-state index contributed by atoms with van der Waals surface area (Å²) in [5, 5.41) is 3.03. The van der Waals surface area contributed by atoms with Crippen LogP contribution in [-0.4, -0.2) is 55.2 Å². The van der Waals surface area contributed by atoms with Crippen molar-refractivity contribution in [3.8, 4) is 11.5 Å². The normalized spacial score (nSPS) is 26.2. The maximum Gasteiger partial charge on any atom is 0.326 e. The third-order valence-corrected chi connectivity index (χ3v) is 5.94. The number of urea groups is 1. The van der Waals surface area contributed by atoms with Gasteiger partial charge in [0.25, 0.3) is 5.91 Å². The molecule has 1 spiro atoms. The first kappa shape index (κ1) is 21.4. The van der Waals surface area contributed by atoms with E-state index < -0.39 is 5.54 Å². The summed E-state index contributed by atoms with van der Waals surface area (Å²) in [5.74, 6) is 1.73. The largest absolute Gasteiger partial charge is 0.497 e. The highest BCUT2D eigenvalue weighted by molar-refractivity contribution is 6.07. The van der Waals surface area contributed by atoms with Gasteiger partial charge in [-0.2, -0.15) is 0 Å². The molecule has 0 radical (unpaired) electrons. The number of rotatable bonds is 6. The van der Waals surface area contributed by atoms with E-state index in [0.29, 0.717) is 31.1 Å². The predicted molar refractivity (Wildman–Crippen MR) is 111 cm³/mol. The molecule has 7 heteroatoms. The minimum atomic E-state index is -0.767. The molecule has 0 bridgehead atoms. The van der Waals surface area contributed by atoms with E-state index in [1.54, 1.807) is 14.2 Å². The van der Waals surface area contributed by atoms with Crippen molar-refractivity contribution in [2.45, 2.75) is 52.1 Å². The zero-order valence-corrected chi connectivity index (χ0v) is 18.4. The van der Waals surface area contributed by atoms with Gasteiger partial charge in [0.15, 0.2) is 0 Å². The average molecular weight is 404 g/mol. The van der Waals surface area contributed by atoms with Crippen LogP contribution < -0.4 is 14.8 Å². The lowest BCUT2D eigenvalue weighted by atomic mass is 9.64. The molecule has 1 aromatic rings. The molecule has 1 aliphatic heterocycles. The molecule has 0 unspecified atom stereocenters. The number of carbonyl (C=O) groups is 2. The zero-order valence-electron chi connectivity index (χ0n) is 18.4. The van der Waals surface area contributed by atoms with Gasteiger partial charge >= 0.3 is 6.03 Å². The third kappa shape index (κ3) is 4.34. The van der Waals surface area contributed by atoms with Gasteiger partial charge in [0.1, 0.15) is 17.0 Å². The molecule has 2 fully saturated rings. The van der Waals surface area contributed by atoms with Crippen molar-refractivity contribution in [3.63, 3.8) is 0 Å². The molecule has 29 heavy (non-hydrogen) atoms. The van der Waals surface area contributed by atoms with E-state index in [9.17, 15) is 9.59 Å². The van der Waals surface area contributed by atoms with Crippen LogP contribution in [0.1, 0.15) is 45.6 Å². The van der Waals surface area contributed by atoms with Gasteiger partial charge in [-0.1, -0.05) is 26.8 Å². The minimum Gasteiger partial charge on any atom is -0.497 e. The topological polar surface area (TPSA) is 71.1 Å². The standard InChI is InChI=1S/C22H33N3O4/c1-15-10-21(2,3)13-22(11-15)19(26)25(20(27)23-22)14-24(4)12-16-7-8-17(28-5)9-18(16)29-6/h7-9,15H,10-14H2,1-6H3,(H,23,27)/t15-,22+/m1/s1. The third-order valence-electron chi connectivity index (χ3n) is 5.94. The van der Waals surface area contributed by atoms with Gasteiger partial charge in [0, 0.05) is 18.2 Å². The van der Waals surface area contributed by atoms with Gasteiger partial charge in [-0.25, -0.2) is 9.69 Å². The van der Waals surface area contributed by atoms with Crippen LogP contribution in [0.15, 0.2) is 18.2 Å². The lowest BCUT2D eigenvalue weighted by molar-refractivity contribution is -0.136. The van der Waals surface area contributed by atoms with E-state index in [1.807, 2.05) is 30.1 Å². The molecule has 7 nitrogen and oxygen atoms in total. The van der Waals surface area contributed by atoms with Gasteiger partial charge in [-0.3, -0.25) is 9.69 Å². The van der Waals surface area contributed by atoms with Crippen molar-refractivity contribution in [1.29, 1.82) is 0 Å². The number of amides is 3. The highest BCUT2D eigenvalue weighted by Crippen LogP contribution is 2.46. The van der Waals surface area contributed by atoms with Crippen LogP contribution >= 0.6 is 0 Å². The number of imide groups is 1. The Morgan fingerprint density at radius 1 is 1.21 bits per heavy atom. The second-order valence-electron chi connectivity index (χ2n) is 9.43. The summed E-state index contributed by atoms with van der Waals surface area (Å²) in [6.45, 7) is 7.28. The molecule has 2 atom stereocenters. The number of methoxy groups -OCH3 is 2. The zero-order chi connectivity index (χ0) is 21.4. The molecule has 1 saturated carbocycles. The molecule has 2 aliphatic rings. The molecule has 3 amide bonds. The highest BCUT2D eigenvalue weighted by Gasteiger charge is 2.56. The van der Waals surface area contributed by atoms with Crippen LogP contribution in [0.4, 0.5) is 4.79 Å². The highest BCUT2D eigenvalue weighted by atomic mass is 16.5. The fourth-order valence-corrected chi connectivity index (χ4v) is 5.20. The monoisotopic (exact) mass is 403 g/mol. The number of carbonyl (C=O) groups excluding carboxylic acids is 2. The van der Waals surface area contributed by atoms with Crippen molar-refractivity contribution >= 4 is 11.9 Å². The molecule has 0 aromatic heterocycles. The van der Waals surface area contributed by atoms with Crippen molar-refractivity contribution in [2.24, 2.45) is 11.3 Å². The molecular weight excluding hydrogens is 370 g/mol. The predicted octanol–water partition coefficient (Wildman–Crippen LogP) is 3.23. The molecular formula is C22H33N3O4. The lowest BCUT2D eigenvalue weighted by Gasteiger charge is -2.43. The number of ether oxygens (including phenoxy) is 2. The SMILES string of the molecule is COc1ccc(CN(C)CN2C(=O)N[C@]3(C[C@H](C)CC(C)(C)C3)C2=O)c(OC)c1. The molecule has 1 aliphatic carbocycles. The van der Waals surface area contributed by atoms with Crippen molar-refractivity contribution in [3.05, 3.63) is 23.8 Å². The molecule has 3 rings (SSSR count). The number of nitrogens with one attached hydrogen (secondary N) is 1. The van der Waals surface area contributed by atoms with Crippen molar-refractivity contribution < 1.29 is 19.1 Å². The Kier molecular flexibility index (Phi) is 5.81. The van der Waals surface area contributed by atoms with Crippen molar-refractivity contribution in [2.75, 3.05) is 27.9 Å². The maximum absolute atomic E-state index is 13.3. The number of hydrogen-bond acceptors (Lipinski definition) is 5. The summed E-state index contributed by atoms with van der Waals surface area (Å²) >= 11 is 0. The Bertz CT molecular complexity index is 794. The molecule has 1 aromatic carbocycles. The van der Waals surface area contributed by atoms with Gasteiger partial charge in [-0.05, 0) is 43.7 Å². The summed E-state index contributed by atoms with van der Waals surface area (Å²) in [6.07, 6.45) is 2.45. The van der Waals surface area contributed by atoms with E-state index in [1.165, 1.54) is 4.90 Å². The average Bonchev–Trinajstić information content (AvgIpc) is 2.83. The van der Waals surface area contributed by atoms with Crippen LogP contribution in [0.25, 0.3) is 0 Å². The quantitative estimate of drug-likeness (QED) is 0.739. The van der Waals surface area contributed by atoms with Crippen molar-refractivity contribution in [1.82, 2.24) is 15.1 Å². The van der Waals surface area contributed by atoms with Crippen LogP contribution in [-0.2, 0) is 11.3 Å². The summed E-state index contributed by atoms with van der Waals surface area (Å²) < 4.78 is 10.7. The van der Waals surface area contributed by atoms with E-state index in [-0.39, 0.29) is 24.0 Å². The smallest absolute Gasteiger partial charge is 0.326 e. The van der Waals surface area contributed by atoms with E-state index in [2.05, 4.69) is 26.1 Å². The maximum atomic E-state index is 13.3. The number of hydrogen-bond donors (Lipinski definition) is 1. The fourth-order valence-electron chi connectivity index (χ4n) is 5.20.